The van der Waals surface area contributed by atoms with Gasteiger partial charge in [-0.25, -0.2) is 9.78 Å². The molecular weight excluding hydrogens is 230 g/mol. The van der Waals surface area contributed by atoms with Gasteiger partial charge in [0.2, 0.25) is 0 Å². The van der Waals surface area contributed by atoms with E-state index in [1.165, 1.54) is 0 Å². The van der Waals surface area contributed by atoms with Crippen molar-refractivity contribution in [1.29, 1.82) is 5.26 Å². The summed E-state index contributed by atoms with van der Waals surface area (Å²) in [5.41, 5.74) is -0.0496. The molecule has 0 radical (unpaired) electrons. The lowest BCUT2D eigenvalue weighted by Gasteiger charge is -2.33. The van der Waals surface area contributed by atoms with Crippen molar-refractivity contribution in [3.8, 4) is 6.07 Å². The number of carbonyl (C=O) groups is 1. The number of fused-ring (bicyclic) bond motifs is 1. The number of hydrogen-bond acceptors (Lipinski definition) is 3. The van der Waals surface area contributed by atoms with Gasteiger partial charge in [0, 0.05) is 6.20 Å². The van der Waals surface area contributed by atoms with E-state index < -0.39 is 11.4 Å². The van der Waals surface area contributed by atoms with Crippen molar-refractivity contribution < 1.29 is 9.90 Å². The molecule has 1 fully saturated rings. The molecule has 0 unspecified atom stereocenters. The van der Waals surface area contributed by atoms with Crippen LogP contribution in [0.25, 0.3) is 5.52 Å². The second kappa shape index (κ2) is 3.57. The maximum absolute atomic E-state index is 11.2. The first-order valence-electron chi connectivity index (χ1n) is 5.80. The highest BCUT2D eigenvalue weighted by atomic mass is 16.4. The van der Waals surface area contributed by atoms with E-state index in [9.17, 15) is 10.1 Å². The molecule has 90 valence electrons. The van der Waals surface area contributed by atoms with Gasteiger partial charge in [-0.2, -0.15) is 5.26 Å². The Kier molecular flexibility index (Phi) is 2.14. The summed E-state index contributed by atoms with van der Waals surface area (Å²) in [7, 11) is 0. The molecule has 0 amide bonds. The molecule has 18 heavy (non-hydrogen) atoms. The first-order valence-corrected chi connectivity index (χ1v) is 5.80. The summed E-state index contributed by atoms with van der Waals surface area (Å²) in [6.07, 6.45) is 4.24. The molecule has 5 nitrogen and oxygen atoms in total. The maximum atomic E-state index is 11.2. The van der Waals surface area contributed by atoms with Gasteiger partial charge in [-0.1, -0.05) is 6.07 Å². The van der Waals surface area contributed by atoms with Crippen LogP contribution in [-0.2, 0) is 5.41 Å². The van der Waals surface area contributed by atoms with Gasteiger partial charge in [0.25, 0.3) is 0 Å². The van der Waals surface area contributed by atoms with Crippen molar-refractivity contribution in [2.45, 2.75) is 24.7 Å². The highest BCUT2D eigenvalue weighted by Gasteiger charge is 2.43. The molecule has 1 saturated carbocycles. The van der Waals surface area contributed by atoms with Crippen LogP contribution in [0.5, 0.6) is 0 Å². The lowest BCUT2D eigenvalue weighted by Crippen LogP contribution is -2.34. The predicted octanol–water partition coefficient (Wildman–Crippen LogP) is 1.98. The quantitative estimate of drug-likeness (QED) is 0.871. The van der Waals surface area contributed by atoms with Crippen molar-refractivity contribution in [3.05, 3.63) is 35.9 Å². The number of imidazole rings is 1. The summed E-state index contributed by atoms with van der Waals surface area (Å²) in [6, 6.07) is 7.60. The van der Waals surface area contributed by atoms with Crippen LogP contribution in [0.4, 0.5) is 0 Å². The summed E-state index contributed by atoms with van der Waals surface area (Å²) in [6.45, 7) is 0. The minimum atomic E-state index is -1.06. The van der Waals surface area contributed by atoms with Crippen LogP contribution >= 0.6 is 0 Å². The number of carboxylic acids is 1. The van der Waals surface area contributed by atoms with Gasteiger partial charge < -0.3 is 9.51 Å². The average Bonchev–Trinajstić information content (AvgIpc) is 2.69. The molecule has 0 atom stereocenters. The molecule has 5 heteroatoms. The number of nitriles is 1. The minimum Gasteiger partial charge on any atom is -0.476 e. The first kappa shape index (κ1) is 10.8. The largest absolute Gasteiger partial charge is 0.476 e. The third-order valence-electron chi connectivity index (χ3n) is 3.60. The Morgan fingerprint density at radius 2 is 2.28 bits per heavy atom. The molecule has 1 N–H and O–H groups in total. The molecule has 1 aliphatic rings. The van der Waals surface area contributed by atoms with Crippen molar-refractivity contribution in [2.75, 3.05) is 0 Å². The van der Waals surface area contributed by atoms with Gasteiger partial charge >= 0.3 is 5.97 Å². The Hall–Kier alpha value is -2.35. The first-order chi connectivity index (χ1) is 8.68. The van der Waals surface area contributed by atoms with Crippen LogP contribution < -0.4 is 0 Å². The predicted molar refractivity (Wildman–Crippen MR) is 63.3 cm³/mol. The van der Waals surface area contributed by atoms with Crippen LogP contribution in [0.1, 0.15) is 35.6 Å². The van der Waals surface area contributed by atoms with Crippen LogP contribution in [0.3, 0.4) is 0 Å². The van der Waals surface area contributed by atoms with Crippen LogP contribution in [0, 0.1) is 11.3 Å². The van der Waals surface area contributed by atoms with Gasteiger partial charge in [0.05, 0.1) is 11.6 Å². The fraction of sp³-hybridized carbons (Fsp3) is 0.308. The van der Waals surface area contributed by atoms with Gasteiger partial charge in [-0.05, 0) is 31.4 Å². The van der Waals surface area contributed by atoms with Crippen molar-refractivity contribution in [1.82, 2.24) is 9.38 Å². The Balaban J connectivity index is 2.31. The fourth-order valence-corrected chi connectivity index (χ4v) is 2.45. The van der Waals surface area contributed by atoms with E-state index in [0.29, 0.717) is 11.3 Å². The lowest BCUT2D eigenvalue weighted by atomic mass is 9.69. The van der Waals surface area contributed by atoms with Crippen molar-refractivity contribution in [3.63, 3.8) is 0 Å². The van der Waals surface area contributed by atoms with Gasteiger partial charge in [-0.3, -0.25) is 0 Å². The maximum Gasteiger partial charge on any atom is 0.356 e. The summed E-state index contributed by atoms with van der Waals surface area (Å²) in [5.74, 6) is -0.499. The molecule has 2 aromatic rings. The third kappa shape index (κ3) is 1.26. The van der Waals surface area contributed by atoms with Gasteiger partial charge in [0.1, 0.15) is 11.2 Å². The summed E-state index contributed by atoms with van der Waals surface area (Å²) >= 11 is 0. The molecule has 2 heterocycles. The van der Waals surface area contributed by atoms with Gasteiger partial charge in [-0.15, -0.1) is 0 Å². The standard InChI is InChI=1S/C13H11N3O2/c14-8-13(5-3-6-13)12-15-10(11(17)18)9-4-1-2-7-16(9)12/h1-2,4,7H,3,5-6H2,(H,17,18). The second-order valence-electron chi connectivity index (χ2n) is 4.59. The topological polar surface area (TPSA) is 78.4 Å². The second-order valence-corrected chi connectivity index (χ2v) is 4.59. The monoisotopic (exact) mass is 241 g/mol. The highest BCUT2D eigenvalue weighted by Crippen LogP contribution is 2.42. The molecule has 0 bridgehead atoms. The van der Waals surface area contributed by atoms with Crippen molar-refractivity contribution in [2.24, 2.45) is 0 Å². The molecule has 0 aliphatic heterocycles. The lowest BCUT2D eigenvalue weighted by molar-refractivity contribution is 0.0693. The number of carboxylic acid groups (broad SMARTS) is 1. The number of nitrogens with zero attached hydrogens (tertiary/aromatic N) is 3. The fourth-order valence-electron chi connectivity index (χ4n) is 2.45. The van der Waals surface area contributed by atoms with E-state index in [4.69, 9.17) is 5.11 Å². The zero-order valence-corrected chi connectivity index (χ0v) is 9.63. The number of pyridine rings is 1. The number of aromatic nitrogens is 2. The molecule has 0 saturated heterocycles. The van der Waals surface area contributed by atoms with E-state index in [0.717, 1.165) is 19.3 Å². The normalized spacial score (nSPS) is 17.1. The SMILES string of the molecule is N#CC1(c2nc(C(=O)O)c3ccccn23)CCC1. The van der Waals surface area contributed by atoms with Crippen molar-refractivity contribution >= 4 is 11.5 Å². The van der Waals surface area contributed by atoms with Gasteiger partial charge in [0.15, 0.2) is 5.69 Å². The number of aromatic carboxylic acids is 1. The minimum absolute atomic E-state index is 0.0205. The van der Waals surface area contributed by atoms with E-state index >= 15 is 0 Å². The third-order valence-corrected chi connectivity index (χ3v) is 3.60. The Labute approximate surface area is 103 Å². The smallest absolute Gasteiger partial charge is 0.356 e. The van der Waals surface area contributed by atoms with Crippen LogP contribution in [0.2, 0.25) is 0 Å². The van der Waals surface area contributed by atoms with E-state index in [-0.39, 0.29) is 5.69 Å². The van der Waals surface area contributed by atoms with E-state index in [1.54, 1.807) is 22.7 Å². The molecular formula is C13H11N3O2. The summed E-state index contributed by atoms with van der Waals surface area (Å²) < 4.78 is 1.73. The molecule has 0 spiro atoms. The number of rotatable bonds is 2. The van der Waals surface area contributed by atoms with Crippen LogP contribution in [-0.4, -0.2) is 20.5 Å². The Morgan fingerprint density at radius 1 is 1.50 bits per heavy atom. The molecule has 0 aromatic carbocycles. The Morgan fingerprint density at radius 3 is 2.83 bits per heavy atom. The molecule has 3 rings (SSSR count). The average molecular weight is 241 g/mol. The molecule has 2 aromatic heterocycles. The zero-order chi connectivity index (χ0) is 12.8. The van der Waals surface area contributed by atoms with E-state index in [2.05, 4.69) is 11.1 Å². The van der Waals surface area contributed by atoms with Crippen LogP contribution in [0.15, 0.2) is 24.4 Å². The highest BCUT2D eigenvalue weighted by molar-refractivity contribution is 5.93. The zero-order valence-electron chi connectivity index (χ0n) is 9.63. The number of hydrogen-bond donors (Lipinski definition) is 1. The van der Waals surface area contributed by atoms with E-state index in [1.807, 2.05) is 6.07 Å². The summed E-state index contributed by atoms with van der Waals surface area (Å²) in [5, 5.41) is 18.5. The molecule has 1 aliphatic carbocycles. The Bertz CT molecular complexity index is 677. The summed E-state index contributed by atoms with van der Waals surface area (Å²) in [4.78, 5) is 15.4.